The van der Waals surface area contributed by atoms with Gasteiger partial charge in [0.1, 0.15) is 10.7 Å². The zero-order chi connectivity index (χ0) is 14.3. The lowest BCUT2D eigenvalue weighted by Gasteiger charge is -2.31. The van der Waals surface area contributed by atoms with Gasteiger partial charge in [-0.25, -0.2) is 4.98 Å². The molecule has 4 nitrogen and oxygen atoms in total. The number of aromatic amines is 1. The van der Waals surface area contributed by atoms with Crippen molar-refractivity contribution < 1.29 is 0 Å². The van der Waals surface area contributed by atoms with E-state index in [-0.39, 0.29) is 11.6 Å². The van der Waals surface area contributed by atoms with E-state index in [4.69, 9.17) is 4.98 Å². The number of rotatable bonds is 2. The summed E-state index contributed by atoms with van der Waals surface area (Å²) in [5.74, 6) is 0.811. The molecule has 1 aliphatic rings. The molecule has 2 aromatic rings. The Morgan fingerprint density at radius 1 is 1.25 bits per heavy atom. The minimum atomic E-state index is 0.00992. The molecule has 0 saturated carbocycles. The van der Waals surface area contributed by atoms with E-state index in [0.29, 0.717) is 0 Å². The minimum absolute atomic E-state index is 0.00992. The molecule has 5 heteroatoms. The zero-order valence-corrected chi connectivity index (χ0v) is 13.1. The van der Waals surface area contributed by atoms with Crippen molar-refractivity contribution in [3.63, 3.8) is 0 Å². The molecule has 0 amide bonds. The van der Waals surface area contributed by atoms with E-state index >= 15 is 0 Å². The van der Waals surface area contributed by atoms with Gasteiger partial charge in [-0.1, -0.05) is 6.42 Å². The van der Waals surface area contributed by atoms with Crippen LogP contribution in [-0.2, 0) is 0 Å². The Kier molecular flexibility index (Phi) is 3.65. The highest BCUT2D eigenvalue weighted by Gasteiger charge is 2.21. The summed E-state index contributed by atoms with van der Waals surface area (Å²) in [4.78, 5) is 24.5. The average molecular weight is 291 g/mol. The van der Waals surface area contributed by atoms with Crippen LogP contribution in [0.3, 0.4) is 0 Å². The molecular weight excluding hydrogens is 270 g/mol. The van der Waals surface area contributed by atoms with Crippen molar-refractivity contribution in [1.82, 2.24) is 14.9 Å². The largest absolute Gasteiger partial charge is 0.309 e. The molecule has 108 valence electrons. The zero-order valence-electron chi connectivity index (χ0n) is 12.3. The summed E-state index contributed by atoms with van der Waals surface area (Å²) < 4.78 is 0. The lowest BCUT2D eigenvalue weighted by atomic mass is 10.1. The number of fused-ring (bicyclic) bond motifs is 1. The van der Waals surface area contributed by atoms with Crippen molar-refractivity contribution >= 4 is 21.6 Å². The second kappa shape index (κ2) is 5.30. The van der Waals surface area contributed by atoms with Crippen molar-refractivity contribution in [2.45, 2.75) is 46.1 Å². The topological polar surface area (TPSA) is 49.0 Å². The van der Waals surface area contributed by atoms with Crippen LogP contribution in [0.15, 0.2) is 4.79 Å². The third kappa shape index (κ3) is 2.29. The quantitative estimate of drug-likeness (QED) is 0.924. The number of piperidine rings is 1. The number of likely N-dealkylation sites (tertiary alicyclic amines) is 1. The fourth-order valence-corrected chi connectivity index (χ4v) is 3.98. The third-order valence-corrected chi connectivity index (χ3v) is 5.49. The lowest BCUT2D eigenvalue weighted by molar-refractivity contribution is 0.169. The van der Waals surface area contributed by atoms with Crippen molar-refractivity contribution in [1.29, 1.82) is 0 Å². The molecule has 0 aromatic carbocycles. The molecule has 3 heterocycles. The number of aromatic nitrogens is 2. The van der Waals surface area contributed by atoms with Crippen molar-refractivity contribution in [2.75, 3.05) is 13.1 Å². The van der Waals surface area contributed by atoms with Crippen LogP contribution in [0.4, 0.5) is 0 Å². The highest BCUT2D eigenvalue weighted by atomic mass is 32.1. The second-order valence-corrected chi connectivity index (χ2v) is 6.89. The predicted molar refractivity (Wildman–Crippen MR) is 83.6 cm³/mol. The van der Waals surface area contributed by atoms with E-state index in [2.05, 4.69) is 23.7 Å². The number of hydrogen-bond donors (Lipinski definition) is 1. The van der Waals surface area contributed by atoms with Crippen LogP contribution in [0, 0.1) is 13.8 Å². The first-order valence-corrected chi connectivity index (χ1v) is 8.13. The smallest absolute Gasteiger partial charge is 0.259 e. The van der Waals surface area contributed by atoms with Gasteiger partial charge in [-0.05, 0) is 52.3 Å². The maximum absolute atomic E-state index is 12.3. The van der Waals surface area contributed by atoms with Crippen molar-refractivity contribution in [3.05, 3.63) is 26.6 Å². The fraction of sp³-hybridized carbons (Fsp3) is 0.600. The van der Waals surface area contributed by atoms with Crippen molar-refractivity contribution in [2.24, 2.45) is 0 Å². The maximum atomic E-state index is 12.3. The molecule has 1 atom stereocenters. The number of hydrogen-bond acceptors (Lipinski definition) is 4. The van der Waals surface area contributed by atoms with E-state index < -0.39 is 0 Å². The van der Waals surface area contributed by atoms with Gasteiger partial charge in [0.2, 0.25) is 0 Å². The molecule has 0 radical (unpaired) electrons. The molecule has 2 aromatic heterocycles. The number of nitrogens with zero attached hydrogens (tertiary/aromatic N) is 2. The Labute approximate surface area is 122 Å². The van der Waals surface area contributed by atoms with Crippen LogP contribution in [0.25, 0.3) is 10.2 Å². The van der Waals surface area contributed by atoms with Gasteiger partial charge in [0.25, 0.3) is 5.56 Å². The van der Waals surface area contributed by atoms with Crippen LogP contribution in [-0.4, -0.2) is 28.0 Å². The van der Waals surface area contributed by atoms with Gasteiger partial charge in [-0.3, -0.25) is 9.69 Å². The summed E-state index contributed by atoms with van der Waals surface area (Å²) >= 11 is 1.62. The predicted octanol–water partition coefficient (Wildman–Crippen LogP) is 3.15. The monoisotopic (exact) mass is 291 g/mol. The van der Waals surface area contributed by atoms with Gasteiger partial charge in [0.05, 0.1) is 11.4 Å². The Bertz CT molecular complexity index is 682. The third-order valence-electron chi connectivity index (χ3n) is 4.39. The summed E-state index contributed by atoms with van der Waals surface area (Å²) in [5, 5.41) is 0.766. The van der Waals surface area contributed by atoms with Crippen LogP contribution in [0.2, 0.25) is 0 Å². The van der Waals surface area contributed by atoms with E-state index in [1.165, 1.54) is 24.1 Å². The molecule has 1 unspecified atom stereocenters. The van der Waals surface area contributed by atoms with E-state index in [1.54, 1.807) is 11.3 Å². The number of nitrogens with one attached hydrogen (secondary N) is 1. The summed E-state index contributed by atoms with van der Waals surface area (Å²) in [6.07, 6.45) is 3.80. The molecular formula is C15H21N3OS. The van der Waals surface area contributed by atoms with Gasteiger partial charge >= 0.3 is 0 Å². The van der Waals surface area contributed by atoms with E-state index in [1.807, 2.05) is 6.92 Å². The molecule has 1 N–H and O–H groups in total. The molecule has 0 bridgehead atoms. The highest BCUT2D eigenvalue weighted by molar-refractivity contribution is 7.18. The lowest BCUT2D eigenvalue weighted by Crippen LogP contribution is -2.34. The minimum Gasteiger partial charge on any atom is -0.309 e. The Morgan fingerprint density at radius 2 is 1.95 bits per heavy atom. The first-order chi connectivity index (χ1) is 9.58. The van der Waals surface area contributed by atoms with Crippen LogP contribution >= 0.6 is 11.3 Å². The fourth-order valence-electron chi connectivity index (χ4n) is 2.95. The van der Waals surface area contributed by atoms with Crippen LogP contribution in [0.1, 0.15) is 48.5 Å². The van der Waals surface area contributed by atoms with Crippen LogP contribution in [0.5, 0.6) is 0 Å². The van der Waals surface area contributed by atoms with Gasteiger partial charge in [-0.2, -0.15) is 0 Å². The number of H-pyrrole nitrogens is 1. The molecule has 1 fully saturated rings. The van der Waals surface area contributed by atoms with E-state index in [9.17, 15) is 4.79 Å². The molecule has 0 aliphatic carbocycles. The molecule has 3 rings (SSSR count). The van der Waals surface area contributed by atoms with E-state index in [0.717, 1.165) is 34.7 Å². The first kappa shape index (κ1) is 13.8. The number of thiophene rings is 1. The normalized spacial score (nSPS) is 18.6. The SMILES string of the molecule is Cc1sc2nc(C(C)N3CCCCC3)[nH]c(=O)c2c1C. The Morgan fingerprint density at radius 3 is 2.65 bits per heavy atom. The standard InChI is InChI=1S/C15H21N3OS/c1-9-11(3)20-15-12(9)14(19)16-13(17-15)10(2)18-7-5-4-6-8-18/h10H,4-8H2,1-3H3,(H,16,17,19). The van der Waals surface area contributed by atoms with Gasteiger partial charge in [0.15, 0.2) is 0 Å². The summed E-state index contributed by atoms with van der Waals surface area (Å²) in [5.41, 5.74) is 1.08. The average Bonchev–Trinajstić information content (AvgIpc) is 2.74. The van der Waals surface area contributed by atoms with Crippen molar-refractivity contribution in [3.8, 4) is 0 Å². The van der Waals surface area contributed by atoms with Gasteiger partial charge in [-0.15, -0.1) is 11.3 Å². The van der Waals surface area contributed by atoms with Gasteiger partial charge in [0, 0.05) is 4.88 Å². The summed E-state index contributed by atoms with van der Waals surface area (Å²) in [6.45, 7) is 8.40. The number of aryl methyl sites for hydroxylation is 2. The molecule has 20 heavy (non-hydrogen) atoms. The maximum Gasteiger partial charge on any atom is 0.259 e. The van der Waals surface area contributed by atoms with Gasteiger partial charge < -0.3 is 4.98 Å². The summed E-state index contributed by atoms with van der Waals surface area (Å²) in [6, 6.07) is 0.190. The first-order valence-electron chi connectivity index (χ1n) is 7.32. The molecule has 0 spiro atoms. The Hall–Kier alpha value is -1.20. The molecule has 1 aliphatic heterocycles. The summed E-state index contributed by atoms with van der Waals surface area (Å²) in [7, 11) is 0. The molecule has 1 saturated heterocycles. The second-order valence-electron chi connectivity index (χ2n) is 5.69. The highest BCUT2D eigenvalue weighted by Crippen LogP contribution is 2.28. The van der Waals surface area contributed by atoms with Crippen LogP contribution < -0.4 is 5.56 Å². The Balaban J connectivity index is 2.01.